The van der Waals surface area contributed by atoms with Crippen molar-refractivity contribution in [2.75, 3.05) is 20.3 Å². The number of esters is 1. The van der Waals surface area contributed by atoms with Crippen LogP contribution in [0.4, 0.5) is 4.79 Å². The molecule has 1 aromatic heterocycles. The average molecular weight is 747 g/mol. The number of aliphatic hydroxyl groups is 1. The minimum absolute atomic E-state index is 0.136. The fourth-order valence-corrected chi connectivity index (χ4v) is 5.83. The number of amides is 2. The zero-order valence-electron chi connectivity index (χ0n) is 28.5. The number of nitrogens with zero attached hydrogens (tertiary/aromatic N) is 2. The van der Waals surface area contributed by atoms with E-state index in [-0.39, 0.29) is 12.2 Å². The van der Waals surface area contributed by atoms with Gasteiger partial charge in [-0.1, -0.05) is 34.1 Å². The lowest BCUT2D eigenvalue weighted by molar-refractivity contribution is -0.136. The number of rotatable bonds is 14. The number of nitrogens with one attached hydrogen (secondary N) is 3. The molecule has 0 aliphatic carbocycles. The van der Waals surface area contributed by atoms with Crippen LogP contribution in [-0.2, 0) is 16.1 Å². The van der Waals surface area contributed by atoms with Crippen molar-refractivity contribution in [1.82, 2.24) is 20.6 Å². The third-order valence-corrected chi connectivity index (χ3v) is 8.51. The molecule has 0 saturated carbocycles. The van der Waals surface area contributed by atoms with E-state index >= 15 is 0 Å². The summed E-state index contributed by atoms with van der Waals surface area (Å²) in [6.45, 7) is 8.17. The molecule has 4 N–H and O–H groups in total. The molecule has 0 saturated heterocycles. The number of carbonyl (C=O) groups is 2. The number of aliphatic hydroxyl groups excluding tert-OH is 1. The highest BCUT2D eigenvalue weighted by Crippen LogP contribution is 2.35. The van der Waals surface area contributed by atoms with Gasteiger partial charge in [0.2, 0.25) is 0 Å². The number of halogens is 1. The van der Waals surface area contributed by atoms with Crippen LogP contribution in [0.15, 0.2) is 93.6 Å². The van der Waals surface area contributed by atoms with E-state index in [1.807, 2.05) is 75.4 Å². The van der Waals surface area contributed by atoms with Gasteiger partial charge < -0.3 is 39.3 Å². The van der Waals surface area contributed by atoms with Gasteiger partial charge in [-0.3, -0.25) is 5.43 Å². The molecule has 262 valence electrons. The molecule has 50 heavy (non-hydrogen) atoms. The first kappa shape index (κ1) is 36.0. The zero-order valence-corrected chi connectivity index (χ0v) is 30.0. The SMILES string of the molecule is CCOc1cc([C@@H]2NC(=O)NC(C)=C2C(=O)OC)ccc1OC[C@@H](O)N/N=C/c1cc(C)n(-c2ccc(OCc3ccc(Br)cc3)cc2)c1C. The minimum Gasteiger partial charge on any atom is -0.490 e. The number of hydrogen-bond acceptors (Lipinski definition) is 9. The Morgan fingerprint density at radius 2 is 1.76 bits per heavy atom. The largest absolute Gasteiger partial charge is 0.490 e. The van der Waals surface area contributed by atoms with E-state index in [2.05, 4.69) is 41.7 Å². The summed E-state index contributed by atoms with van der Waals surface area (Å²) in [6, 6.07) is 21.8. The Morgan fingerprint density at radius 3 is 2.46 bits per heavy atom. The average Bonchev–Trinajstić information content (AvgIpc) is 3.38. The van der Waals surface area contributed by atoms with Crippen LogP contribution in [0, 0.1) is 13.8 Å². The van der Waals surface area contributed by atoms with Gasteiger partial charge in [-0.05, 0) is 93.4 Å². The molecule has 1 aliphatic rings. The van der Waals surface area contributed by atoms with Gasteiger partial charge in [-0.15, -0.1) is 0 Å². The number of aromatic nitrogens is 1. The first-order valence-electron chi connectivity index (χ1n) is 16.0. The molecule has 12 nitrogen and oxygen atoms in total. The van der Waals surface area contributed by atoms with Gasteiger partial charge in [0.25, 0.3) is 0 Å². The van der Waals surface area contributed by atoms with Gasteiger partial charge in [0.1, 0.15) is 19.0 Å². The summed E-state index contributed by atoms with van der Waals surface area (Å²) in [6.07, 6.45) is 0.522. The Morgan fingerprint density at radius 1 is 1.02 bits per heavy atom. The third-order valence-electron chi connectivity index (χ3n) is 7.98. The number of urea groups is 1. The van der Waals surface area contributed by atoms with E-state index in [4.69, 9.17) is 18.9 Å². The Kier molecular flexibility index (Phi) is 11.8. The van der Waals surface area contributed by atoms with Gasteiger partial charge in [0.05, 0.1) is 31.5 Å². The second-order valence-corrected chi connectivity index (χ2v) is 12.4. The van der Waals surface area contributed by atoms with Gasteiger partial charge in [0.15, 0.2) is 17.7 Å². The number of hydrogen-bond donors (Lipinski definition) is 4. The van der Waals surface area contributed by atoms with E-state index in [0.29, 0.717) is 36.0 Å². The number of allylic oxidation sites excluding steroid dienone is 1. The molecule has 2 atom stereocenters. The molecular formula is C37H40BrN5O7. The van der Waals surface area contributed by atoms with E-state index in [1.54, 1.807) is 31.3 Å². The molecule has 0 fully saturated rings. The van der Waals surface area contributed by atoms with E-state index in [0.717, 1.165) is 38.4 Å². The molecular weight excluding hydrogens is 706 g/mol. The molecule has 0 spiro atoms. The van der Waals surface area contributed by atoms with Crippen LogP contribution in [-0.4, -0.2) is 54.4 Å². The lowest BCUT2D eigenvalue weighted by Crippen LogP contribution is -2.45. The van der Waals surface area contributed by atoms with Gasteiger partial charge >= 0.3 is 12.0 Å². The second kappa shape index (κ2) is 16.4. The van der Waals surface area contributed by atoms with Crippen molar-refractivity contribution in [2.45, 2.75) is 46.6 Å². The van der Waals surface area contributed by atoms with E-state index in [9.17, 15) is 14.7 Å². The van der Waals surface area contributed by atoms with Gasteiger partial charge in [0, 0.05) is 32.8 Å². The molecule has 4 aromatic rings. The van der Waals surface area contributed by atoms with Crippen LogP contribution in [0.1, 0.15) is 48.0 Å². The lowest BCUT2D eigenvalue weighted by Gasteiger charge is -2.28. The second-order valence-electron chi connectivity index (χ2n) is 11.5. The number of carbonyl (C=O) groups excluding carboxylic acids is 2. The maximum atomic E-state index is 12.5. The lowest BCUT2D eigenvalue weighted by atomic mass is 9.95. The standard InChI is InChI=1S/C37H40BrN5O7/c1-6-48-32-18-26(35-34(36(45)47-5)23(3)40-37(46)41-35)9-16-31(32)50-21-33(44)42-39-19-27-17-22(2)43(24(27)4)29-12-14-30(15-13-29)49-20-25-7-10-28(38)11-8-25/h7-19,33,35,42,44H,6,20-21H2,1-5H3,(H2,40,41,46)/b39-19+/t33-,35+/m1/s1. The van der Waals surface area contributed by atoms with Gasteiger partial charge in [-0.25, -0.2) is 9.59 Å². The van der Waals surface area contributed by atoms with E-state index < -0.39 is 24.3 Å². The summed E-state index contributed by atoms with van der Waals surface area (Å²) >= 11 is 3.45. The molecule has 0 unspecified atom stereocenters. The summed E-state index contributed by atoms with van der Waals surface area (Å²) in [5.41, 5.74) is 8.93. The fraction of sp³-hybridized carbons (Fsp3) is 0.270. The Bertz CT molecular complexity index is 1890. The van der Waals surface area contributed by atoms with E-state index in [1.165, 1.54) is 7.11 Å². The molecule has 13 heteroatoms. The molecule has 1 aliphatic heterocycles. The monoisotopic (exact) mass is 745 g/mol. The quantitative estimate of drug-likeness (QED) is 0.0536. The summed E-state index contributed by atoms with van der Waals surface area (Å²) in [7, 11) is 1.28. The Balaban J connectivity index is 1.19. The Labute approximate surface area is 299 Å². The molecule has 2 heterocycles. The number of aryl methyl sites for hydroxylation is 1. The molecule has 3 aromatic carbocycles. The minimum atomic E-state index is -1.13. The highest BCUT2D eigenvalue weighted by molar-refractivity contribution is 9.10. The Hall–Kier alpha value is -5.27. The van der Waals surface area contributed by atoms with Crippen LogP contribution >= 0.6 is 15.9 Å². The molecule has 2 amide bonds. The third kappa shape index (κ3) is 8.65. The van der Waals surface area contributed by atoms with Crippen molar-refractivity contribution in [3.8, 4) is 22.9 Å². The summed E-state index contributed by atoms with van der Waals surface area (Å²) in [5, 5.41) is 20.2. The van der Waals surface area contributed by atoms with Crippen LogP contribution in [0.3, 0.4) is 0 Å². The van der Waals surface area contributed by atoms with Crippen molar-refractivity contribution in [2.24, 2.45) is 5.10 Å². The number of benzene rings is 3. The zero-order chi connectivity index (χ0) is 35.8. The first-order chi connectivity index (χ1) is 24.1. The van der Waals surface area contributed by atoms with Crippen LogP contribution in [0.2, 0.25) is 0 Å². The molecule has 0 radical (unpaired) electrons. The smallest absolute Gasteiger partial charge is 0.337 e. The van der Waals surface area contributed by atoms with Gasteiger partial charge in [-0.2, -0.15) is 5.10 Å². The van der Waals surface area contributed by atoms with Crippen molar-refractivity contribution in [3.63, 3.8) is 0 Å². The summed E-state index contributed by atoms with van der Waals surface area (Å²) in [4.78, 5) is 24.7. The number of methoxy groups -OCH3 is 1. The highest BCUT2D eigenvalue weighted by Gasteiger charge is 2.32. The number of ether oxygens (including phenoxy) is 4. The van der Waals surface area contributed by atoms with Crippen molar-refractivity contribution in [1.29, 1.82) is 0 Å². The molecule has 0 bridgehead atoms. The highest BCUT2D eigenvalue weighted by atomic mass is 79.9. The summed E-state index contributed by atoms with van der Waals surface area (Å²) < 4.78 is 25.7. The number of hydrazone groups is 1. The maximum absolute atomic E-state index is 12.5. The normalized spacial score (nSPS) is 14.9. The summed E-state index contributed by atoms with van der Waals surface area (Å²) in [5.74, 6) is 0.963. The van der Waals surface area contributed by atoms with Crippen LogP contribution in [0.5, 0.6) is 17.2 Å². The maximum Gasteiger partial charge on any atom is 0.337 e. The van der Waals surface area contributed by atoms with Crippen LogP contribution in [0.25, 0.3) is 5.69 Å². The van der Waals surface area contributed by atoms with Crippen molar-refractivity contribution < 1.29 is 33.6 Å². The topological polar surface area (TPSA) is 145 Å². The molecule has 5 rings (SSSR count). The first-order valence-corrected chi connectivity index (χ1v) is 16.8. The predicted molar refractivity (Wildman–Crippen MR) is 193 cm³/mol. The predicted octanol–water partition coefficient (Wildman–Crippen LogP) is 5.96. The van der Waals surface area contributed by atoms with Crippen molar-refractivity contribution in [3.05, 3.63) is 117 Å². The van der Waals surface area contributed by atoms with Crippen molar-refractivity contribution >= 4 is 34.1 Å². The van der Waals surface area contributed by atoms with Crippen LogP contribution < -0.4 is 30.3 Å². The fourth-order valence-electron chi connectivity index (χ4n) is 5.57.